The van der Waals surface area contributed by atoms with Crippen molar-refractivity contribution in [2.75, 3.05) is 0 Å². The van der Waals surface area contributed by atoms with Crippen molar-refractivity contribution in [3.05, 3.63) is 132 Å². The number of hydrogen-bond donors (Lipinski definition) is 3. The molecule has 0 aliphatic carbocycles. The predicted molar refractivity (Wildman–Crippen MR) is 142 cm³/mol. The van der Waals surface area contributed by atoms with Gasteiger partial charge in [-0.1, -0.05) is 72.8 Å². The maximum absolute atomic E-state index is 13.5. The Labute approximate surface area is 214 Å². The van der Waals surface area contributed by atoms with E-state index in [1.807, 2.05) is 97.1 Å². The molecule has 3 N–H and O–H groups in total. The third-order valence-electron chi connectivity index (χ3n) is 5.89. The molecule has 3 heterocycles. The van der Waals surface area contributed by atoms with Crippen LogP contribution in [0.15, 0.2) is 109 Å². The molecule has 5 rings (SSSR count). The smallest absolute Gasteiger partial charge is 0.268 e. The molecule has 2 aromatic carbocycles. The zero-order valence-corrected chi connectivity index (χ0v) is 20.0. The van der Waals surface area contributed by atoms with Crippen molar-refractivity contribution in [3.63, 3.8) is 0 Å². The first-order valence-corrected chi connectivity index (χ1v) is 11.9. The van der Waals surface area contributed by atoms with Gasteiger partial charge in [0.15, 0.2) is 0 Å². The molecule has 5 aromatic rings. The number of nitrogens with zero attached hydrogens (tertiary/aromatic N) is 2. The highest BCUT2D eigenvalue weighted by Gasteiger charge is 2.27. The van der Waals surface area contributed by atoms with Crippen LogP contribution in [-0.2, 0) is 13.1 Å². The summed E-state index contributed by atoms with van der Waals surface area (Å²) in [4.78, 5) is 38.7. The molecule has 0 atom stereocenters. The van der Waals surface area contributed by atoms with E-state index in [1.165, 1.54) is 0 Å². The topological polar surface area (TPSA) is 99.8 Å². The Kier molecular flexibility index (Phi) is 7.13. The Morgan fingerprint density at radius 1 is 0.568 bits per heavy atom. The van der Waals surface area contributed by atoms with E-state index in [9.17, 15) is 9.59 Å². The van der Waals surface area contributed by atoms with Gasteiger partial charge in [0.2, 0.25) is 0 Å². The van der Waals surface area contributed by atoms with E-state index in [1.54, 1.807) is 12.4 Å². The zero-order chi connectivity index (χ0) is 25.5. The van der Waals surface area contributed by atoms with Crippen LogP contribution in [0.25, 0.3) is 22.3 Å². The van der Waals surface area contributed by atoms with Crippen LogP contribution in [-0.4, -0.2) is 26.8 Å². The molecule has 0 spiro atoms. The lowest BCUT2D eigenvalue weighted by Gasteiger charge is -2.10. The largest absolute Gasteiger partial charge is 0.345 e. The second kappa shape index (κ2) is 11.1. The van der Waals surface area contributed by atoms with E-state index in [0.717, 1.165) is 22.5 Å². The zero-order valence-electron chi connectivity index (χ0n) is 20.0. The van der Waals surface area contributed by atoms with Gasteiger partial charge in [-0.3, -0.25) is 19.6 Å². The van der Waals surface area contributed by atoms with Crippen molar-refractivity contribution in [1.29, 1.82) is 0 Å². The van der Waals surface area contributed by atoms with Crippen molar-refractivity contribution >= 4 is 11.8 Å². The number of H-pyrrole nitrogens is 1. The first-order valence-electron chi connectivity index (χ1n) is 11.9. The predicted octanol–water partition coefficient (Wildman–Crippen LogP) is 5.00. The second-order valence-corrected chi connectivity index (χ2v) is 8.36. The molecule has 7 heteroatoms. The normalized spacial score (nSPS) is 10.6. The SMILES string of the molecule is O=C(NCc1ccccn1)c1[nH]c(C(=O)NCc2ccccn2)c(-c2ccccc2)c1-c1ccccc1. The van der Waals surface area contributed by atoms with Crippen LogP contribution in [0.2, 0.25) is 0 Å². The maximum Gasteiger partial charge on any atom is 0.268 e. The lowest BCUT2D eigenvalue weighted by Crippen LogP contribution is -2.26. The lowest BCUT2D eigenvalue weighted by atomic mass is 9.94. The van der Waals surface area contributed by atoms with Gasteiger partial charge in [-0.25, -0.2) is 0 Å². The minimum atomic E-state index is -0.328. The summed E-state index contributed by atoms with van der Waals surface area (Å²) in [5.74, 6) is -0.657. The van der Waals surface area contributed by atoms with Gasteiger partial charge in [0.1, 0.15) is 11.4 Å². The van der Waals surface area contributed by atoms with Crippen molar-refractivity contribution in [2.45, 2.75) is 13.1 Å². The Hall–Kier alpha value is -5.04. The summed E-state index contributed by atoms with van der Waals surface area (Å²) in [7, 11) is 0. The highest BCUT2D eigenvalue weighted by molar-refractivity contribution is 6.11. The van der Waals surface area contributed by atoms with Gasteiger partial charge in [-0.05, 0) is 35.4 Å². The molecule has 0 fully saturated rings. The van der Waals surface area contributed by atoms with E-state index in [0.29, 0.717) is 22.5 Å². The molecule has 37 heavy (non-hydrogen) atoms. The van der Waals surface area contributed by atoms with Crippen LogP contribution >= 0.6 is 0 Å². The lowest BCUT2D eigenvalue weighted by molar-refractivity contribution is 0.0944. The van der Waals surface area contributed by atoms with Crippen molar-refractivity contribution < 1.29 is 9.59 Å². The van der Waals surface area contributed by atoms with Gasteiger partial charge in [0, 0.05) is 23.5 Å². The monoisotopic (exact) mass is 487 g/mol. The Bertz CT molecular complexity index is 1370. The first kappa shape index (κ1) is 23.7. The third kappa shape index (κ3) is 5.46. The number of pyridine rings is 2. The fraction of sp³-hybridized carbons (Fsp3) is 0.0667. The van der Waals surface area contributed by atoms with Gasteiger partial charge in [0.05, 0.1) is 24.5 Å². The minimum absolute atomic E-state index is 0.259. The maximum atomic E-state index is 13.5. The number of hydrogen-bond acceptors (Lipinski definition) is 4. The molecule has 3 aromatic heterocycles. The average molecular weight is 488 g/mol. The second-order valence-electron chi connectivity index (χ2n) is 8.36. The fourth-order valence-corrected chi connectivity index (χ4v) is 4.15. The number of carbonyl (C=O) groups excluding carboxylic acids is 2. The molecule has 0 unspecified atom stereocenters. The molecule has 0 radical (unpaired) electrons. The number of nitrogens with one attached hydrogen (secondary N) is 3. The molecule has 182 valence electrons. The van der Waals surface area contributed by atoms with Crippen molar-refractivity contribution in [3.8, 4) is 22.3 Å². The highest BCUT2D eigenvalue weighted by atomic mass is 16.2. The summed E-state index contributed by atoms with van der Waals surface area (Å²) in [5, 5.41) is 5.88. The minimum Gasteiger partial charge on any atom is -0.345 e. The van der Waals surface area contributed by atoms with E-state index in [4.69, 9.17) is 0 Å². The number of carbonyl (C=O) groups is 2. The first-order chi connectivity index (χ1) is 18.2. The molecular weight excluding hydrogens is 462 g/mol. The summed E-state index contributed by atoms with van der Waals surface area (Å²) in [6, 6.07) is 30.3. The molecule has 2 amide bonds. The van der Waals surface area contributed by atoms with Gasteiger partial charge < -0.3 is 15.6 Å². The summed E-state index contributed by atoms with van der Waals surface area (Å²) in [5.41, 5.74) is 5.06. The summed E-state index contributed by atoms with van der Waals surface area (Å²) in [6.45, 7) is 0.517. The van der Waals surface area contributed by atoms with E-state index >= 15 is 0 Å². The number of amides is 2. The fourth-order valence-electron chi connectivity index (χ4n) is 4.15. The van der Waals surface area contributed by atoms with Crippen molar-refractivity contribution in [2.24, 2.45) is 0 Å². The average Bonchev–Trinajstić information content (AvgIpc) is 3.38. The van der Waals surface area contributed by atoms with Crippen LogP contribution in [0.3, 0.4) is 0 Å². The molecule has 0 bridgehead atoms. The molecule has 0 aliphatic heterocycles. The standard InChI is InChI=1S/C30H25N5O2/c36-29(33-19-23-15-7-9-17-31-23)27-25(21-11-3-1-4-12-21)26(22-13-5-2-6-14-22)28(35-27)30(37)34-20-24-16-8-10-18-32-24/h1-18,35H,19-20H2,(H,33,36)(H,34,37). The number of aromatic amines is 1. The third-order valence-corrected chi connectivity index (χ3v) is 5.89. The molecule has 7 nitrogen and oxygen atoms in total. The van der Waals surface area contributed by atoms with E-state index < -0.39 is 0 Å². The van der Waals surface area contributed by atoms with Gasteiger partial charge in [0.25, 0.3) is 11.8 Å². The van der Waals surface area contributed by atoms with Gasteiger partial charge >= 0.3 is 0 Å². The summed E-state index contributed by atoms with van der Waals surface area (Å²) >= 11 is 0. The Morgan fingerprint density at radius 3 is 1.35 bits per heavy atom. The Balaban J connectivity index is 1.57. The summed E-state index contributed by atoms with van der Waals surface area (Å²) in [6.07, 6.45) is 3.37. The van der Waals surface area contributed by atoms with Gasteiger partial charge in [-0.15, -0.1) is 0 Å². The summed E-state index contributed by atoms with van der Waals surface area (Å²) < 4.78 is 0. The molecule has 0 aliphatic rings. The number of aromatic nitrogens is 3. The van der Waals surface area contributed by atoms with Gasteiger partial charge in [-0.2, -0.15) is 0 Å². The van der Waals surface area contributed by atoms with Crippen LogP contribution in [0.4, 0.5) is 0 Å². The van der Waals surface area contributed by atoms with Crippen LogP contribution in [0, 0.1) is 0 Å². The number of benzene rings is 2. The van der Waals surface area contributed by atoms with Crippen LogP contribution in [0.1, 0.15) is 32.4 Å². The highest BCUT2D eigenvalue weighted by Crippen LogP contribution is 2.38. The molecule has 0 saturated carbocycles. The molecular formula is C30H25N5O2. The van der Waals surface area contributed by atoms with E-state index in [2.05, 4.69) is 25.6 Å². The molecule has 0 saturated heterocycles. The van der Waals surface area contributed by atoms with Crippen molar-refractivity contribution in [1.82, 2.24) is 25.6 Å². The number of rotatable bonds is 8. The van der Waals surface area contributed by atoms with Crippen LogP contribution in [0.5, 0.6) is 0 Å². The quantitative estimate of drug-likeness (QED) is 0.287. The van der Waals surface area contributed by atoms with Crippen LogP contribution < -0.4 is 10.6 Å². The Morgan fingerprint density at radius 2 is 0.973 bits per heavy atom. The van der Waals surface area contributed by atoms with E-state index in [-0.39, 0.29) is 24.9 Å².